The van der Waals surface area contributed by atoms with Crippen molar-refractivity contribution in [3.63, 3.8) is 0 Å². The van der Waals surface area contributed by atoms with Gasteiger partial charge in [-0.15, -0.1) is 0 Å². The molecule has 1 saturated heterocycles. The molecule has 2 N–H and O–H groups in total. The zero-order valence-electron chi connectivity index (χ0n) is 12.1. The minimum absolute atomic E-state index is 0.0342. The molecule has 2 bridgehead atoms. The van der Waals surface area contributed by atoms with E-state index in [1.807, 2.05) is 0 Å². The third-order valence-electron chi connectivity index (χ3n) is 5.15. The third kappa shape index (κ3) is 3.06. The van der Waals surface area contributed by atoms with Gasteiger partial charge < -0.3 is 15.3 Å². The first-order valence-corrected chi connectivity index (χ1v) is 7.83. The Labute approximate surface area is 112 Å². The summed E-state index contributed by atoms with van der Waals surface area (Å²) >= 11 is 0. The minimum atomic E-state index is -0.0342. The van der Waals surface area contributed by atoms with Crippen LogP contribution in [0.25, 0.3) is 0 Å². The first-order valence-electron chi connectivity index (χ1n) is 7.83. The molecule has 1 aliphatic carbocycles. The summed E-state index contributed by atoms with van der Waals surface area (Å²) in [5.74, 6) is 0.998. The van der Waals surface area contributed by atoms with Crippen LogP contribution in [-0.4, -0.2) is 47.8 Å². The van der Waals surface area contributed by atoms with E-state index in [1.54, 1.807) is 0 Å². The first kappa shape index (κ1) is 14.3. The SMILES string of the molecule is CCNC(CC)(CO)CCCN1CC2CCC1C2. The molecule has 1 heterocycles. The number of likely N-dealkylation sites (N-methyl/N-ethyl adjacent to an activating group) is 1. The Morgan fingerprint density at radius 1 is 1.33 bits per heavy atom. The van der Waals surface area contributed by atoms with E-state index in [2.05, 4.69) is 24.1 Å². The maximum absolute atomic E-state index is 9.63. The number of aliphatic hydroxyl groups is 1. The Morgan fingerprint density at radius 3 is 2.67 bits per heavy atom. The van der Waals surface area contributed by atoms with Crippen LogP contribution >= 0.6 is 0 Å². The van der Waals surface area contributed by atoms with Crippen LogP contribution in [0.15, 0.2) is 0 Å². The van der Waals surface area contributed by atoms with Gasteiger partial charge in [-0.3, -0.25) is 0 Å². The van der Waals surface area contributed by atoms with E-state index in [0.29, 0.717) is 0 Å². The molecule has 106 valence electrons. The van der Waals surface area contributed by atoms with Crippen molar-refractivity contribution in [3.05, 3.63) is 0 Å². The maximum Gasteiger partial charge on any atom is 0.0613 e. The number of fused-ring (bicyclic) bond motifs is 2. The summed E-state index contributed by atoms with van der Waals surface area (Å²) in [5.41, 5.74) is -0.0342. The van der Waals surface area contributed by atoms with E-state index in [9.17, 15) is 5.11 Å². The average molecular weight is 254 g/mol. The molecule has 0 spiro atoms. The normalized spacial score (nSPS) is 30.8. The first-order chi connectivity index (χ1) is 8.73. The van der Waals surface area contributed by atoms with Crippen LogP contribution < -0.4 is 5.32 Å². The van der Waals surface area contributed by atoms with Crippen molar-refractivity contribution >= 4 is 0 Å². The third-order valence-corrected chi connectivity index (χ3v) is 5.15. The highest BCUT2D eigenvalue weighted by molar-refractivity contribution is 4.93. The lowest BCUT2D eigenvalue weighted by Crippen LogP contribution is -2.48. The number of aliphatic hydroxyl groups excluding tert-OH is 1. The molecule has 0 aromatic heterocycles. The van der Waals surface area contributed by atoms with Gasteiger partial charge in [0.2, 0.25) is 0 Å². The molecule has 1 saturated carbocycles. The number of nitrogens with zero attached hydrogens (tertiary/aromatic N) is 1. The average Bonchev–Trinajstić information content (AvgIpc) is 3.00. The summed E-state index contributed by atoms with van der Waals surface area (Å²) in [6.07, 6.45) is 7.67. The molecule has 0 aromatic rings. The highest BCUT2D eigenvalue weighted by Crippen LogP contribution is 2.37. The number of piperidine rings is 1. The number of hydrogen-bond acceptors (Lipinski definition) is 3. The van der Waals surface area contributed by atoms with Gasteiger partial charge in [0.1, 0.15) is 0 Å². The number of likely N-dealkylation sites (tertiary alicyclic amines) is 1. The van der Waals surface area contributed by atoms with Crippen LogP contribution in [0.4, 0.5) is 0 Å². The molecule has 2 rings (SSSR count). The Hall–Kier alpha value is -0.120. The molecule has 0 aromatic carbocycles. The van der Waals surface area contributed by atoms with Gasteiger partial charge in [-0.2, -0.15) is 0 Å². The highest BCUT2D eigenvalue weighted by Gasteiger charge is 2.37. The van der Waals surface area contributed by atoms with E-state index in [1.165, 1.54) is 38.8 Å². The Kier molecular flexibility index (Phi) is 5.05. The molecular formula is C15H30N2O. The fourth-order valence-electron chi connectivity index (χ4n) is 3.93. The lowest BCUT2D eigenvalue weighted by Gasteiger charge is -2.33. The van der Waals surface area contributed by atoms with Gasteiger partial charge in [-0.1, -0.05) is 13.8 Å². The second kappa shape index (κ2) is 6.36. The van der Waals surface area contributed by atoms with Crippen LogP contribution in [0.2, 0.25) is 0 Å². The molecule has 2 aliphatic rings. The van der Waals surface area contributed by atoms with Crippen molar-refractivity contribution in [2.75, 3.05) is 26.2 Å². The molecule has 3 heteroatoms. The minimum Gasteiger partial charge on any atom is -0.394 e. The lowest BCUT2D eigenvalue weighted by molar-refractivity contribution is 0.135. The zero-order chi connectivity index (χ0) is 13.0. The maximum atomic E-state index is 9.63. The van der Waals surface area contributed by atoms with Crippen molar-refractivity contribution in [3.8, 4) is 0 Å². The summed E-state index contributed by atoms with van der Waals surface area (Å²) in [6, 6.07) is 0.888. The molecule has 3 unspecified atom stereocenters. The summed E-state index contributed by atoms with van der Waals surface area (Å²) in [7, 11) is 0. The largest absolute Gasteiger partial charge is 0.394 e. The quantitative estimate of drug-likeness (QED) is 0.695. The molecule has 1 aliphatic heterocycles. The standard InChI is InChI=1S/C15H30N2O/c1-3-15(12-18,16-4-2)8-5-9-17-11-13-6-7-14(17)10-13/h13-14,16,18H,3-12H2,1-2H3. The zero-order valence-corrected chi connectivity index (χ0v) is 12.1. The van der Waals surface area contributed by atoms with Crippen molar-refractivity contribution in [2.24, 2.45) is 5.92 Å². The smallest absolute Gasteiger partial charge is 0.0613 e. The van der Waals surface area contributed by atoms with E-state index in [4.69, 9.17) is 0 Å². The Balaban J connectivity index is 1.73. The summed E-state index contributed by atoms with van der Waals surface area (Å²) < 4.78 is 0. The van der Waals surface area contributed by atoms with Crippen LogP contribution in [0, 0.1) is 5.92 Å². The molecular weight excluding hydrogens is 224 g/mol. The summed E-state index contributed by atoms with van der Waals surface area (Å²) in [6.45, 7) is 8.08. The molecule has 3 nitrogen and oxygen atoms in total. The summed E-state index contributed by atoms with van der Waals surface area (Å²) in [5, 5.41) is 13.1. The van der Waals surface area contributed by atoms with Gasteiger partial charge in [0.05, 0.1) is 6.61 Å². The topological polar surface area (TPSA) is 35.5 Å². The predicted molar refractivity (Wildman–Crippen MR) is 75.7 cm³/mol. The molecule has 3 atom stereocenters. The van der Waals surface area contributed by atoms with E-state index >= 15 is 0 Å². The van der Waals surface area contributed by atoms with Crippen molar-refractivity contribution in [2.45, 2.75) is 64.0 Å². The van der Waals surface area contributed by atoms with E-state index in [0.717, 1.165) is 31.3 Å². The number of nitrogens with one attached hydrogen (secondary N) is 1. The van der Waals surface area contributed by atoms with Crippen molar-refractivity contribution in [1.29, 1.82) is 0 Å². The molecule has 18 heavy (non-hydrogen) atoms. The van der Waals surface area contributed by atoms with Crippen LogP contribution in [-0.2, 0) is 0 Å². The fourth-order valence-corrected chi connectivity index (χ4v) is 3.93. The van der Waals surface area contributed by atoms with Gasteiger partial charge in [0.15, 0.2) is 0 Å². The summed E-state index contributed by atoms with van der Waals surface area (Å²) in [4.78, 5) is 2.69. The van der Waals surface area contributed by atoms with Crippen LogP contribution in [0.1, 0.15) is 52.4 Å². The van der Waals surface area contributed by atoms with E-state index in [-0.39, 0.29) is 12.1 Å². The highest BCUT2D eigenvalue weighted by atomic mass is 16.3. The second-order valence-electron chi connectivity index (χ2n) is 6.25. The van der Waals surface area contributed by atoms with Gasteiger partial charge in [0.25, 0.3) is 0 Å². The number of rotatable bonds is 8. The molecule has 0 radical (unpaired) electrons. The van der Waals surface area contributed by atoms with Crippen LogP contribution in [0.5, 0.6) is 0 Å². The molecule has 0 amide bonds. The second-order valence-corrected chi connectivity index (χ2v) is 6.25. The Morgan fingerprint density at radius 2 is 2.17 bits per heavy atom. The van der Waals surface area contributed by atoms with Crippen LogP contribution in [0.3, 0.4) is 0 Å². The fraction of sp³-hybridized carbons (Fsp3) is 1.00. The van der Waals surface area contributed by atoms with E-state index < -0.39 is 0 Å². The van der Waals surface area contributed by atoms with Gasteiger partial charge in [0, 0.05) is 18.1 Å². The molecule has 2 fully saturated rings. The monoisotopic (exact) mass is 254 g/mol. The predicted octanol–water partition coefficient (Wildman–Crippen LogP) is 2.00. The van der Waals surface area contributed by atoms with Crippen molar-refractivity contribution in [1.82, 2.24) is 10.2 Å². The van der Waals surface area contributed by atoms with Gasteiger partial charge in [-0.05, 0) is 57.5 Å². The lowest BCUT2D eigenvalue weighted by atomic mass is 9.91. The Bertz CT molecular complexity index is 253. The van der Waals surface area contributed by atoms with Gasteiger partial charge in [-0.25, -0.2) is 0 Å². The van der Waals surface area contributed by atoms with Gasteiger partial charge >= 0.3 is 0 Å². The van der Waals surface area contributed by atoms with Crippen molar-refractivity contribution < 1.29 is 5.11 Å². The number of hydrogen-bond donors (Lipinski definition) is 2.